The molecule has 1 aliphatic heterocycles. The van der Waals surface area contributed by atoms with Gasteiger partial charge in [-0.1, -0.05) is 6.07 Å². The zero-order valence-electron chi connectivity index (χ0n) is 15.0. The maximum Gasteiger partial charge on any atom is 0.255 e. The van der Waals surface area contributed by atoms with Crippen LogP contribution in [0.3, 0.4) is 0 Å². The average Bonchev–Trinajstić information content (AvgIpc) is 3.17. The minimum Gasteiger partial charge on any atom is -0.491 e. The fourth-order valence-corrected chi connectivity index (χ4v) is 2.84. The van der Waals surface area contributed by atoms with Crippen molar-refractivity contribution >= 4 is 17.5 Å². The lowest BCUT2D eigenvalue weighted by Gasteiger charge is -2.13. The van der Waals surface area contributed by atoms with Crippen molar-refractivity contribution in [1.29, 1.82) is 0 Å². The second-order valence-corrected chi connectivity index (χ2v) is 6.42. The van der Waals surface area contributed by atoms with Crippen molar-refractivity contribution < 1.29 is 23.5 Å². The molecule has 1 saturated heterocycles. The highest BCUT2D eigenvalue weighted by Gasteiger charge is 2.17. The van der Waals surface area contributed by atoms with E-state index in [1.165, 1.54) is 13.0 Å². The Morgan fingerprint density at radius 2 is 2.11 bits per heavy atom. The number of halogens is 1. The predicted octanol–water partition coefficient (Wildman–Crippen LogP) is 3.04. The van der Waals surface area contributed by atoms with Gasteiger partial charge in [0.15, 0.2) is 0 Å². The molecule has 27 heavy (non-hydrogen) atoms. The molecule has 2 aromatic carbocycles. The molecule has 6 nitrogen and oxygen atoms in total. The number of carbonyl (C=O) groups excluding carboxylic acids is 2. The van der Waals surface area contributed by atoms with Gasteiger partial charge in [-0.05, 0) is 50.1 Å². The van der Waals surface area contributed by atoms with Crippen molar-refractivity contribution in [3.8, 4) is 5.75 Å². The average molecular weight is 372 g/mol. The van der Waals surface area contributed by atoms with Gasteiger partial charge in [-0.3, -0.25) is 9.59 Å². The third kappa shape index (κ3) is 4.62. The van der Waals surface area contributed by atoms with Crippen molar-refractivity contribution in [3.05, 3.63) is 58.9 Å². The Balaban J connectivity index is 1.72. The maximum absolute atomic E-state index is 14.0. The molecule has 1 aliphatic rings. The fourth-order valence-electron chi connectivity index (χ4n) is 2.84. The van der Waals surface area contributed by atoms with E-state index in [0.29, 0.717) is 17.9 Å². The number of carbonyl (C=O) groups is 2. The van der Waals surface area contributed by atoms with E-state index in [1.54, 1.807) is 24.3 Å². The Morgan fingerprint density at radius 3 is 2.81 bits per heavy atom. The van der Waals surface area contributed by atoms with Crippen molar-refractivity contribution in [1.82, 2.24) is 0 Å². The van der Waals surface area contributed by atoms with Crippen LogP contribution in [0.2, 0.25) is 0 Å². The molecule has 142 valence electrons. The number of nitrogens with one attached hydrogen (secondary N) is 1. The highest BCUT2D eigenvalue weighted by Crippen LogP contribution is 2.23. The smallest absolute Gasteiger partial charge is 0.255 e. The van der Waals surface area contributed by atoms with Crippen LogP contribution in [0, 0.1) is 12.7 Å². The summed E-state index contributed by atoms with van der Waals surface area (Å²) >= 11 is 0. The first-order valence-corrected chi connectivity index (χ1v) is 8.70. The molecule has 0 spiro atoms. The number of nitrogens with two attached hydrogens (primary N) is 1. The maximum atomic E-state index is 14.0. The molecule has 3 rings (SSSR count). The monoisotopic (exact) mass is 372 g/mol. The lowest BCUT2D eigenvalue weighted by atomic mass is 10.1. The minimum absolute atomic E-state index is 0.0120. The van der Waals surface area contributed by atoms with Crippen LogP contribution in [0.4, 0.5) is 10.1 Å². The van der Waals surface area contributed by atoms with Crippen LogP contribution in [-0.4, -0.2) is 31.1 Å². The van der Waals surface area contributed by atoms with Gasteiger partial charge in [0.1, 0.15) is 18.2 Å². The molecule has 1 atom stereocenters. The third-order valence-corrected chi connectivity index (χ3v) is 4.43. The molecule has 2 aromatic rings. The zero-order valence-corrected chi connectivity index (χ0v) is 15.0. The summed E-state index contributed by atoms with van der Waals surface area (Å²) in [5, 5.41) is 2.62. The van der Waals surface area contributed by atoms with Crippen LogP contribution in [0.5, 0.6) is 5.75 Å². The first-order chi connectivity index (χ1) is 12.9. The number of primary amides is 1. The lowest BCUT2D eigenvalue weighted by molar-refractivity contribution is 0.0679. The van der Waals surface area contributed by atoms with Crippen molar-refractivity contribution in [2.24, 2.45) is 5.73 Å². The summed E-state index contributed by atoms with van der Waals surface area (Å²) in [7, 11) is 0. The standard InChI is InChI=1S/C20H21FN2O4/c1-12-17(21)9-14(19(22)24)10-18(12)23-20(25)13-4-2-5-15(8-13)27-11-16-6-3-7-26-16/h2,4-5,8-10,16H,3,6-7,11H2,1H3,(H2,22,24)(H,23,25). The van der Waals surface area contributed by atoms with E-state index >= 15 is 0 Å². The topological polar surface area (TPSA) is 90.7 Å². The van der Waals surface area contributed by atoms with Crippen LogP contribution in [0.15, 0.2) is 36.4 Å². The van der Waals surface area contributed by atoms with E-state index in [0.717, 1.165) is 25.5 Å². The summed E-state index contributed by atoms with van der Waals surface area (Å²) in [4.78, 5) is 23.9. The number of hydrogen-bond acceptors (Lipinski definition) is 4. The summed E-state index contributed by atoms with van der Waals surface area (Å²) in [5.41, 5.74) is 5.96. The van der Waals surface area contributed by atoms with Crippen LogP contribution in [-0.2, 0) is 4.74 Å². The second kappa shape index (κ2) is 8.18. The minimum atomic E-state index is -0.770. The molecule has 1 unspecified atom stereocenters. The summed E-state index contributed by atoms with van der Waals surface area (Å²) in [6.45, 7) is 2.68. The van der Waals surface area contributed by atoms with E-state index in [2.05, 4.69) is 5.32 Å². The van der Waals surface area contributed by atoms with Crippen molar-refractivity contribution in [3.63, 3.8) is 0 Å². The van der Waals surface area contributed by atoms with E-state index < -0.39 is 17.6 Å². The van der Waals surface area contributed by atoms with Crippen molar-refractivity contribution in [2.75, 3.05) is 18.5 Å². The SMILES string of the molecule is Cc1c(F)cc(C(N)=O)cc1NC(=O)c1cccc(OCC2CCCO2)c1. The first-order valence-electron chi connectivity index (χ1n) is 8.70. The Hall–Kier alpha value is -2.93. The Labute approximate surface area is 156 Å². The Morgan fingerprint density at radius 1 is 1.30 bits per heavy atom. The van der Waals surface area contributed by atoms with Crippen LogP contribution >= 0.6 is 0 Å². The summed E-state index contributed by atoms with van der Waals surface area (Å²) in [6, 6.07) is 9.09. The molecule has 0 aromatic heterocycles. The molecular formula is C20H21FN2O4. The van der Waals surface area contributed by atoms with Crippen molar-refractivity contribution in [2.45, 2.75) is 25.9 Å². The molecule has 0 saturated carbocycles. The van der Waals surface area contributed by atoms with Gasteiger partial charge in [0.05, 0.1) is 6.10 Å². The molecule has 1 fully saturated rings. The zero-order chi connectivity index (χ0) is 19.4. The van der Waals surface area contributed by atoms with Gasteiger partial charge in [-0.25, -0.2) is 4.39 Å². The summed E-state index contributed by atoms with van der Waals surface area (Å²) in [5.74, 6) is -1.28. The molecule has 2 amide bonds. The number of hydrogen-bond donors (Lipinski definition) is 2. The van der Waals surface area contributed by atoms with Gasteiger partial charge in [0, 0.05) is 29.0 Å². The highest BCUT2D eigenvalue weighted by atomic mass is 19.1. The molecular weight excluding hydrogens is 351 g/mol. The number of amides is 2. The van der Waals surface area contributed by atoms with Gasteiger partial charge in [-0.2, -0.15) is 0 Å². The first kappa shape index (κ1) is 18.8. The van der Waals surface area contributed by atoms with Crippen LogP contribution in [0.1, 0.15) is 39.1 Å². The van der Waals surface area contributed by atoms with Gasteiger partial charge in [0.25, 0.3) is 5.91 Å². The summed E-state index contributed by atoms with van der Waals surface area (Å²) in [6.07, 6.45) is 2.06. The summed E-state index contributed by atoms with van der Waals surface area (Å²) < 4.78 is 25.2. The fraction of sp³-hybridized carbons (Fsp3) is 0.300. The van der Waals surface area contributed by atoms with Crippen LogP contribution < -0.4 is 15.8 Å². The van der Waals surface area contributed by atoms with Gasteiger partial charge < -0.3 is 20.5 Å². The third-order valence-electron chi connectivity index (χ3n) is 4.43. The molecule has 7 heteroatoms. The second-order valence-electron chi connectivity index (χ2n) is 6.42. The number of ether oxygens (including phenoxy) is 2. The highest BCUT2D eigenvalue weighted by molar-refractivity contribution is 6.05. The lowest BCUT2D eigenvalue weighted by Crippen LogP contribution is -2.17. The number of rotatable bonds is 6. The van der Waals surface area contributed by atoms with Gasteiger partial charge >= 0.3 is 0 Å². The number of anilines is 1. The molecule has 0 bridgehead atoms. The Kier molecular flexibility index (Phi) is 5.71. The van der Waals surface area contributed by atoms with Crippen LogP contribution in [0.25, 0.3) is 0 Å². The molecule has 0 aliphatic carbocycles. The van der Waals surface area contributed by atoms with E-state index in [1.807, 2.05) is 0 Å². The molecule has 3 N–H and O–H groups in total. The van der Waals surface area contributed by atoms with Gasteiger partial charge in [-0.15, -0.1) is 0 Å². The quantitative estimate of drug-likeness (QED) is 0.815. The number of benzene rings is 2. The molecule has 0 radical (unpaired) electrons. The normalized spacial score (nSPS) is 16.1. The van der Waals surface area contributed by atoms with E-state index in [4.69, 9.17) is 15.2 Å². The van der Waals surface area contributed by atoms with Gasteiger partial charge in [0.2, 0.25) is 5.91 Å². The predicted molar refractivity (Wildman–Crippen MR) is 98.5 cm³/mol. The molecule has 1 heterocycles. The largest absolute Gasteiger partial charge is 0.491 e. The van der Waals surface area contributed by atoms with E-state index in [9.17, 15) is 14.0 Å². The Bertz CT molecular complexity index is 863. The van der Waals surface area contributed by atoms with E-state index in [-0.39, 0.29) is 22.9 Å².